The minimum absolute atomic E-state index is 0.00874. The first-order valence-electron chi connectivity index (χ1n) is 6.66. The number of rotatable bonds is 2. The van der Waals surface area contributed by atoms with Gasteiger partial charge in [0.1, 0.15) is 6.10 Å². The summed E-state index contributed by atoms with van der Waals surface area (Å²) in [6, 6.07) is -0.191. The van der Waals surface area contributed by atoms with Crippen molar-refractivity contribution in [1.29, 1.82) is 0 Å². The Morgan fingerprint density at radius 2 is 1.80 bits per heavy atom. The van der Waals surface area contributed by atoms with Crippen molar-refractivity contribution < 1.29 is 27.5 Å². The molecule has 2 saturated heterocycles. The van der Waals surface area contributed by atoms with Gasteiger partial charge in [-0.25, -0.2) is 0 Å². The largest absolute Gasteiger partial charge is 0.471 e. The van der Waals surface area contributed by atoms with Crippen LogP contribution in [0.15, 0.2) is 0 Å². The van der Waals surface area contributed by atoms with Crippen molar-refractivity contribution in [3.05, 3.63) is 0 Å². The maximum absolute atomic E-state index is 12.3. The molecule has 0 bridgehead atoms. The Kier molecular flexibility index (Phi) is 4.52. The molecule has 0 spiro atoms. The summed E-state index contributed by atoms with van der Waals surface area (Å²) in [4.78, 5) is 23.6. The predicted molar refractivity (Wildman–Crippen MR) is 62.8 cm³/mol. The van der Waals surface area contributed by atoms with Gasteiger partial charge in [-0.2, -0.15) is 13.2 Å². The zero-order valence-electron chi connectivity index (χ0n) is 10.9. The molecule has 5 nitrogen and oxygen atoms in total. The van der Waals surface area contributed by atoms with Crippen LogP contribution in [0.1, 0.15) is 25.7 Å². The number of carbonyl (C=O) groups is 2. The van der Waals surface area contributed by atoms with Crippen molar-refractivity contribution in [3.8, 4) is 0 Å². The fourth-order valence-corrected chi connectivity index (χ4v) is 2.48. The number of carbonyl (C=O) groups excluding carboxylic acids is 2. The minimum Gasteiger partial charge on any atom is -0.368 e. The van der Waals surface area contributed by atoms with E-state index < -0.39 is 18.2 Å². The highest BCUT2D eigenvalue weighted by atomic mass is 19.4. The van der Waals surface area contributed by atoms with Gasteiger partial charge in [0.25, 0.3) is 0 Å². The summed E-state index contributed by atoms with van der Waals surface area (Å²) in [6.07, 6.45) is -3.08. The van der Waals surface area contributed by atoms with E-state index in [1.807, 2.05) is 0 Å². The number of likely N-dealkylation sites (tertiary alicyclic amines) is 1. The van der Waals surface area contributed by atoms with Crippen LogP contribution in [-0.2, 0) is 14.3 Å². The lowest BCUT2D eigenvalue weighted by molar-refractivity contribution is -0.186. The van der Waals surface area contributed by atoms with Gasteiger partial charge >= 0.3 is 12.1 Å². The molecule has 0 radical (unpaired) electrons. The van der Waals surface area contributed by atoms with Crippen molar-refractivity contribution >= 4 is 11.8 Å². The molecule has 0 saturated carbocycles. The number of amides is 2. The highest BCUT2D eigenvalue weighted by Crippen LogP contribution is 2.22. The zero-order valence-corrected chi connectivity index (χ0v) is 10.9. The molecule has 0 aromatic rings. The maximum atomic E-state index is 12.3. The van der Waals surface area contributed by atoms with E-state index in [1.54, 1.807) is 0 Å². The van der Waals surface area contributed by atoms with Crippen molar-refractivity contribution in [2.45, 2.75) is 44.0 Å². The molecule has 2 aliphatic heterocycles. The molecule has 8 heteroatoms. The number of nitrogens with one attached hydrogen (secondary N) is 1. The van der Waals surface area contributed by atoms with Crippen LogP contribution in [0.2, 0.25) is 0 Å². The fraction of sp³-hybridized carbons (Fsp3) is 0.833. The first-order chi connectivity index (χ1) is 9.38. The Hall–Kier alpha value is -1.31. The molecule has 0 aliphatic carbocycles. The highest BCUT2D eigenvalue weighted by molar-refractivity contribution is 5.82. The SMILES string of the molecule is O=C(NC1CCN(C(=O)C(F)(F)F)CC1)C1CCCO1. The molecule has 0 aromatic carbocycles. The molecule has 20 heavy (non-hydrogen) atoms. The van der Waals surface area contributed by atoms with Gasteiger partial charge in [0.2, 0.25) is 5.91 Å². The fourth-order valence-electron chi connectivity index (χ4n) is 2.48. The smallest absolute Gasteiger partial charge is 0.368 e. The van der Waals surface area contributed by atoms with Crippen LogP contribution < -0.4 is 5.32 Å². The lowest BCUT2D eigenvalue weighted by atomic mass is 10.0. The molecule has 1 N–H and O–H groups in total. The Bertz CT molecular complexity index is 373. The van der Waals surface area contributed by atoms with Crippen molar-refractivity contribution in [3.63, 3.8) is 0 Å². The first kappa shape index (κ1) is 15.1. The van der Waals surface area contributed by atoms with Crippen LogP contribution >= 0.6 is 0 Å². The third-order valence-electron chi connectivity index (χ3n) is 3.59. The normalized spacial score (nSPS) is 24.8. The summed E-state index contributed by atoms with van der Waals surface area (Å²) in [5.74, 6) is -2.01. The molecule has 2 rings (SSSR count). The average Bonchev–Trinajstić information content (AvgIpc) is 2.91. The van der Waals surface area contributed by atoms with E-state index in [0.717, 1.165) is 11.3 Å². The predicted octanol–water partition coefficient (Wildman–Crippen LogP) is 0.835. The summed E-state index contributed by atoms with van der Waals surface area (Å²) in [7, 11) is 0. The van der Waals surface area contributed by atoms with Gasteiger partial charge in [0.15, 0.2) is 0 Å². The molecule has 2 fully saturated rings. The number of nitrogens with zero attached hydrogens (tertiary/aromatic N) is 1. The van der Waals surface area contributed by atoms with E-state index in [9.17, 15) is 22.8 Å². The lowest BCUT2D eigenvalue weighted by Crippen LogP contribution is -2.51. The lowest BCUT2D eigenvalue weighted by Gasteiger charge is -2.33. The minimum atomic E-state index is -4.83. The monoisotopic (exact) mass is 294 g/mol. The molecule has 2 heterocycles. The van der Waals surface area contributed by atoms with Crippen LogP contribution in [0.4, 0.5) is 13.2 Å². The van der Waals surface area contributed by atoms with E-state index >= 15 is 0 Å². The van der Waals surface area contributed by atoms with E-state index in [2.05, 4.69) is 5.32 Å². The second-order valence-electron chi connectivity index (χ2n) is 5.07. The van der Waals surface area contributed by atoms with Gasteiger partial charge < -0.3 is 15.0 Å². The maximum Gasteiger partial charge on any atom is 0.471 e. The van der Waals surface area contributed by atoms with Gasteiger partial charge in [-0.3, -0.25) is 9.59 Å². The summed E-state index contributed by atoms with van der Waals surface area (Å²) in [5, 5.41) is 2.78. The topological polar surface area (TPSA) is 58.6 Å². The third-order valence-corrected chi connectivity index (χ3v) is 3.59. The van der Waals surface area contributed by atoms with E-state index in [-0.39, 0.29) is 25.0 Å². The molecule has 2 amide bonds. The zero-order chi connectivity index (χ0) is 14.8. The second kappa shape index (κ2) is 5.99. The van der Waals surface area contributed by atoms with E-state index in [1.165, 1.54) is 0 Å². The molecule has 1 unspecified atom stereocenters. The summed E-state index contributed by atoms with van der Waals surface area (Å²) in [6.45, 7) is 0.584. The standard InChI is InChI=1S/C12H17F3N2O3/c13-12(14,15)11(19)17-5-3-8(4-6-17)16-10(18)9-2-1-7-20-9/h8-9H,1-7H2,(H,16,18). The van der Waals surface area contributed by atoms with Crippen LogP contribution in [0.25, 0.3) is 0 Å². The summed E-state index contributed by atoms with van der Waals surface area (Å²) in [5.41, 5.74) is 0. The van der Waals surface area contributed by atoms with Crippen LogP contribution in [-0.4, -0.2) is 54.7 Å². The van der Waals surface area contributed by atoms with Crippen molar-refractivity contribution in [1.82, 2.24) is 10.2 Å². The number of alkyl halides is 3. The molecule has 0 aromatic heterocycles. The number of hydrogen-bond acceptors (Lipinski definition) is 3. The van der Waals surface area contributed by atoms with Crippen molar-refractivity contribution in [2.24, 2.45) is 0 Å². The van der Waals surface area contributed by atoms with E-state index in [0.29, 0.717) is 25.9 Å². The Labute approximate surface area is 114 Å². The van der Waals surface area contributed by atoms with E-state index in [4.69, 9.17) is 4.74 Å². The summed E-state index contributed by atoms with van der Waals surface area (Å²) >= 11 is 0. The van der Waals surface area contributed by atoms with Gasteiger partial charge in [-0.15, -0.1) is 0 Å². The van der Waals surface area contributed by atoms with Crippen LogP contribution in [0, 0.1) is 0 Å². The Morgan fingerprint density at radius 1 is 1.15 bits per heavy atom. The number of halogens is 3. The van der Waals surface area contributed by atoms with Gasteiger partial charge in [-0.05, 0) is 25.7 Å². The van der Waals surface area contributed by atoms with Crippen LogP contribution in [0.3, 0.4) is 0 Å². The number of piperidine rings is 1. The quantitative estimate of drug-likeness (QED) is 0.821. The molecule has 2 aliphatic rings. The second-order valence-corrected chi connectivity index (χ2v) is 5.07. The third kappa shape index (κ3) is 3.62. The summed E-state index contributed by atoms with van der Waals surface area (Å²) < 4.78 is 42.0. The van der Waals surface area contributed by atoms with Gasteiger partial charge in [0, 0.05) is 25.7 Å². The number of ether oxygens (including phenoxy) is 1. The van der Waals surface area contributed by atoms with Crippen molar-refractivity contribution in [2.75, 3.05) is 19.7 Å². The van der Waals surface area contributed by atoms with Gasteiger partial charge in [-0.1, -0.05) is 0 Å². The average molecular weight is 294 g/mol. The Balaban J connectivity index is 1.77. The molecule has 1 atom stereocenters. The first-order valence-corrected chi connectivity index (χ1v) is 6.66. The van der Waals surface area contributed by atoms with Gasteiger partial charge in [0.05, 0.1) is 0 Å². The molecular weight excluding hydrogens is 277 g/mol. The highest BCUT2D eigenvalue weighted by Gasteiger charge is 2.43. The molecular formula is C12H17F3N2O3. The molecule has 114 valence electrons. The van der Waals surface area contributed by atoms with Crippen LogP contribution in [0.5, 0.6) is 0 Å². The Morgan fingerprint density at radius 3 is 2.30 bits per heavy atom. The number of hydrogen-bond donors (Lipinski definition) is 1.